The minimum atomic E-state index is -0.976. The highest BCUT2D eigenvalue weighted by Gasteiger charge is 2.25. The number of aromatic nitrogens is 3. The van der Waals surface area contributed by atoms with Gasteiger partial charge < -0.3 is 15.0 Å². The molecule has 0 aliphatic heterocycles. The van der Waals surface area contributed by atoms with Gasteiger partial charge in [-0.3, -0.25) is 14.6 Å². The van der Waals surface area contributed by atoms with Crippen molar-refractivity contribution < 1.29 is 18.4 Å². The van der Waals surface area contributed by atoms with Crippen LogP contribution < -0.4 is 10.0 Å². The molecule has 0 unspecified atom stereocenters. The van der Waals surface area contributed by atoms with Gasteiger partial charge in [-0.2, -0.15) is 0 Å². The summed E-state index contributed by atoms with van der Waals surface area (Å²) in [6.45, 7) is 1.97. The van der Waals surface area contributed by atoms with Gasteiger partial charge in [0.25, 0.3) is 5.91 Å². The zero-order valence-electron chi connectivity index (χ0n) is 17.5. The Bertz CT molecular complexity index is 1330. The minimum absolute atomic E-state index is 0.00434. The number of carbonyl (C=O) groups is 2. The van der Waals surface area contributed by atoms with Crippen molar-refractivity contribution in [3.8, 4) is 0 Å². The fraction of sp³-hybridized carbons (Fsp3) is 0.130. The van der Waals surface area contributed by atoms with Crippen molar-refractivity contribution in [2.45, 2.75) is 13.3 Å². The molecule has 0 fully saturated rings. The Morgan fingerprint density at radius 2 is 2.03 bits per heavy atom. The number of H-pyrrole nitrogens is 1. The van der Waals surface area contributed by atoms with Crippen LogP contribution >= 0.6 is 11.9 Å². The van der Waals surface area contributed by atoms with Crippen molar-refractivity contribution in [1.82, 2.24) is 15.0 Å². The molecular formula is C23H19F2N5O2S. The zero-order chi connectivity index (χ0) is 23.4. The Morgan fingerprint density at radius 1 is 1.18 bits per heavy atom. The first-order valence-electron chi connectivity index (χ1n) is 10.1. The van der Waals surface area contributed by atoms with Crippen LogP contribution in [0.15, 0.2) is 55.1 Å². The molecule has 0 saturated heterocycles. The number of benzene rings is 1. The first-order valence-corrected chi connectivity index (χ1v) is 11.1. The fourth-order valence-corrected chi connectivity index (χ4v) is 3.78. The number of hydrogen-bond donors (Lipinski definition) is 3. The largest absolute Gasteiger partial charge is 0.345 e. The Labute approximate surface area is 192 Å². The van der Waals surface area contributed by atoms with Gasteiger partial charge in [-0.05, 0) is 36.8 Å². The standard InChI is InChI=1S/C23H19F2N5O2S/c1-2-8-33-30-18-6-5-17(24)19(20(18)25)21(31)16-12-28-22-15(16)9-13(10-27-22)23(32)29-14-4-3-7-26-11-14/h3-7,9-12,30H,2,8H2,1H3,(H,27,28)(H,29,32). The van der Waals surface area contributed by atoms with E-state index in [1.54, 1.807) is 18.3 Å². The molecule has 0 aliphatic rings. The van der Waals surface area contributed by atoms with Gasteiger partial charge in [0.05, 0.1) is 28.7 Å². The number of nitrogens with zero attached hydrogens (tertiary/aromatic N) is 2. The average molecular weight is 468 g/mol. The second-order valence-corrected chi connectivity index (χ2v) is 7.98. The maximum absolute atomic E-state index is 15.0. The summed E-state index contributed by atoms with van der Waals surface area (Å²) in [6, 6.07) is 7.10. The number of aromatic amines is 1. The van der Waals surface area contributed by atoms with Crippen LogP contribution in [-0.4, -0.2) is 32.4 Å². The number of hydrogen-bond acceptors (Lipinski definition) is 6. The lowest BCUT2D eigenvalue weighted by atomic mass is 10.0. The van der Waals surface area contributed by atoms with Gasteiger partial charge in [-0.15, -0.1) is 0 Å². The molecule has 33 heavy (non-hydrogen) atoms. The second-order valence-electron chi connectivity index (χ2n) is 7.08. The van der Waals surface area contributed by atoms with Crippen LogP contribution in [0.25, 0.3) is 11.0 Å². The van der Waals surface area contributed by atoms with Gasteiger partial charge in [-0.25, -0.2) is 13.8 Å². The molecule has 4 aromatic rings. The summed E-state index contributed by atoms with van der Waals surface area (Å²) >= 11 is 1.26. The second kappa shape index (κ2) is 9.78. The Morgan fingerprint density at radius 3 is 2.79 bits per heavy atom. The third-order valence-corrected chi connectivity index (χ3v) is 5.74. The van der Waals surface area contributed by atoms with Crippen LogP contribution in [0.1, 0.15) is 39.6 Å². The summed E-state index contributed by atoms with van der Waals surface area (Å²) < 4.78 is 32.4. The van der Waals surface area contributed by atoms with Crippen LogP contribution in [0.5, 0.6) is 0 Å². The van der Waals surface area contributed by atoms with Crippen LogP contribution in [0.2, 0.25) is 0 Å². The molecule has 3 heterocycles. The lowest BCUT2D eigenvalue weighted by Gasteiger charge is -2.10. The van der Waals surface area contributed by atoms with E-state index in [1.165, 1.54) is 42.7 Å². The first-order chi connectivity index (χ1) is 16.0. The Hall–Kier alpha value is -3.79. The summed E-state index contributed by atoms with van der Waals surface area (Å²) in [5, 5.41) is 2.95. The first kappa shape index (κ1) is 22.4. The summed E-state index contributed by atoms with van der Waals surface area (Å²) in [5.41, 5.74) is 0.320. The van der Waals surface area contributed by atoms with E-state index in [0.717, 1.165) is 18.2 Å². The van der Waals surface area contributed by atoms with Crippen molar-refractivity contribution in [2.75, 3.05) is 15.8 Å². The molecule has 3 aromatic heterocycles. The van der Waals surface area contributed by atoms with Crippen molar-refractivity contribution in [2.24, 2.45) is 0 Å². The van der Waals surface area contributed by atoms with Crippen molar-refractivity contribution in [1.29, 1.82) is 0 Å². The van der Waals surface area contributed by atoms with Crippen molar-refractivity contribution in [3.05, 3.63) is 83.4 Å². The lowest BCUT2D eigenvalue weighted by Crippen LogP contribution is -2.13. The molecule has 3 N–H and O–H groups in total. The van der Waals surface area contributed by atoms with E-state index in [4.69, 9.17) is 0 Å². The number of halogens is 2. The van der Waals surface area contributed by atoms with Crippen LogP contribution in [-0.2, 0) is 0 Å². The maximum atomic E-state index is 15.0. The highest BCUT2D eigenvalue weighted by Crippen LogP contribution is 2.28. The molecule has 0 aliphatic carbocycles. The van der Waals surface area contributed by atoms with E-state index in [-0.39, 0.29) is 22.2 Å². The average Bonchev–Trinajstić information content (AvgIpc) is 3.24. The monoisotopic (exact) mass is 467 g/mol. The lowest BCUT2D eigenvalue weighted by molar-refractivity contribution is 0.101. The van der Waals surface area contributed by atoms with E-state index >= 15 is 4.39 Å². The van der Waals surface area contributed by atoms with Crippen LogP contribution in [0, 0.1) is 11.6 Å². The third-order valence-electron chi connectivity index (χ3n) is 4.76. The van der Waals surface area contributed by atoms with Gasteiger partial charge in [0.15, 0.2) is 5.82 Å². The molecule has 0 bridgehead atoms. The molecule has 10 heteroatoms. The molecule has 1 aromatic carbocycles. The molecule has 4 rings (SSSR count). The van der Waals surface area contributed by atoms with Gasteiger partial charge in [0.2, 0.25) is 5.78 Å². The number of amides is 1. The number of rotatable bonds is 8. The Balaban J connectivity index is 1.67. The fourth-order valence-electron chi connectivity index (χ4n) is 3.16. The summed E-state index contributed by atoms with van der Waals surface area (Å²) in [5.74, 6) is -2.55. The topological polar surface area (TPSA) is 99.8 Å². The highest BCUT2D eigenvalue weighted by atomic mass is 32.2. The number of nitrogens with one attached hydrogen (secondary N) is 3. The number of ketones is 1. The van der Waals surface area contributed by atoms with E-state index in [9.17, 15) is 14.0 Å². The predicted molar refractivity (Wildman–Crippen MR) is 124 cm³/mol. The third kappa shape index (κ3) is 4.70. The molecule has 168 valence electrons. The summed E-state index contributed by atoms with van der Waals surface area (Å²) in [4.78, 5) is 36.7. The molecule has 7 nitrogen and oxygen atoms in total. The van der Waals surface area contributed by atoms with E-state index < -0.39 is 28.9 Å². The quantitative estimate of drug-likeness (QED) is 0.187. The van der Waals surface area contributed by atoms with Crippen molar-refractivity contribution >= 4 is 46.0 Å². The Kier molecular flexibility index (Phi) is 6.64. The molecule has 0 spiro atoms. The van der Waals surface area contributed by atoms with Crippen molar-refractivity contribution in [3.63, 3.8) is 0 Å². The van der Waals surface area contributed by atoms with E-state index in [0.29, 0.717) is 11.3 Å². The van der Waals surface area contributed by atoms with Gasteiger partial charge in [0, 0.05) is 35.3 Å². The predicted octanol–water partition coefficient (Wildman–Crippen LogP) is 5.19. The normalized spacial score (nSPS) is 10.9. The van der Waals surface area contributed by atoms with Gasteiger partial charge in [0.1, 0.15) is 11.5 Å². The smallest absolute Gasteiger partial charge is 0.257 e. The molecule has 0 atom stereocenters. The number of anilines is 2. The summed E-state index contributed by atoms with van der Waals surface area (Å²) in [7, 11) is 0. The zero-order valence-corrected chi connectivity index (χ0v) is 18.3. The SMILES string of the molecule is CCCSNc1ccc(F)c(C(=O)c2c[nH]c3ncc(C(=O)Nc4cccnc4)cc23)c1F. The van der Waals surface area contributed by atoms with Gasteiger partial charge in [-0.1, -0.05) is 18.9 Å². The highest BCUT2D eigenvalue weighted by molar-refractivity contribution is 8.00. The molecule has 0 radical (unpaired) electrons. The molecule has 1 amide bonds. The molecular weight excluding hydrogens is 448 g/mol. The minimum Gasteiger partial charge on any atom is -0.345 e. The summed E-state index contributed by atoms with van der Waals surface area (Å²) in [6.07, 6.45) is 6.60. The van der Waals surface area contributed by atoms with E-state index in [1.807, 2.05) is 6.92 Å². The van der Waals surface area contributed by atoms with E-state index in [2.05, 4.69) is 25.0 Å². The maximum Gasteiger partial charge on any atom is 0.257 e. The van der Waals surface area contributed by atoms with Gasteiger partial charge >= 0.3 is 0 Å². The number of fused-ring (bicyclic) bond motifs is 1. The molecule has 0 saturated carbocycles. The van der Waals surface area contributed by atoms with Crippen LogP contribution in [0.3, 0.4) is 0 Å². The number of carbonyl (C=O) groups excluding carboxylic acids is 2. The number of pyridine rings is 2. The van der Waals surface area contributed by atoms with Crippen LogP contribution in [0.4, 0.5) is 20.2 Å².